The van der Waals surface area contributed by atoms with Crippen molar-refractivity contribution in [1.82, 2.24) is 0 Å². The van der Waals surface area contributed by atoms with Crippen LogP contribution in [0.25, 0.3) is 0 Å². The van der Waals surface area contributed by atoms with Gasteiger partial charge in [-0.2, -0.15) is 11.8 Å². The molecule has 0 radical (unpaired) electrons. The van der Waals surface area contributed by atoms with E-state index in [1.807, 2.05) is 0 Å². The van der Waals surface area contributed by atoms with Crippen molar-refractivity contribution in [3.05, 3.63) is 0 Å². The van der Waals surface area contributed by atoms with Gasteiger partial charge in [-0.25, -0.2) is 0 Å². The zero-order valence-corrected chi connectivity index (χ0v) is 12.6. The molecule has 0 unspecified atom stereocenters. The van der Waals surface area contributed by atoms with E-state index >= 15 is 0 Å². The molecule has 0 saturated heterocycles. The van der Waals surface area contributed by atoms with Gasteiger partial charge in [0.15, 0.2) is 0 Å². The van der Waals surface area contributed by atoms with E-state index in [1.54, 1.807) is 0 Å². The molecule has 0 rings (SSSR count). The Morgan fingerprint density at radius 2 is 1.25 bits per heavy atom. The molecule has 0 saturated carbocycles. The van der Waals surface area contributed by atoms with Crippen LogP contribution in [-0.2, 0) is 0 Å². The van der Waals surface area contributed by atoms with Gasteiger partial charge in [-0.15, -0.1) is 0 Å². The Bertz CT molecular complexity index is 121. The van der Waals surface area contributed by atoms with Crippen LogP contribution in [0.1, 0.15) is 78.6 Å². The molecule has 16 heavy (non-hydrogen) atoms. The molecule has 0 bridgehead atoms. The van der Waals surface area contributed by atoms with Crippen LogP contribution >= 0.6 is 11.8 Å². The van der Waals surface area contributed by atoms with Crippen LogP contribution in [-0.4, -0.2) is 11.5 Å². The minimum Gasteiger partial charge on any atom is -0.162 e. The quantitative estimate of drug-likeness (QED) is 0.385. The maximum atomic E-state index is 2.31. The summed E-state index contributed by atoms with van der Waals surface area (Å²) in [4.78, 5) is 0. The summed E-state index contributed by atoms with van der Waals surface area (Å²) in [5, 5.41) is 0. The lowest BCUT2D eigenvalue weighted by molar-refractivity contribution is 0.573. The highest BCUT2D eigenvalue weighted by atomic mass is 32.2. The summed E-state index contributed by atoms with van der Waals surface area (Å²) >= 11 is 2.14. The maximum Gasteiger partial charge on any atom is -0.00444 e. The normalized spacial score (nSPS) is 11.2. The van der Waals surface area contributed by atoms with E-state index in [1.165, 1.54) is 69.3 Å². The maximum absolute atomic E-state index is 2.31. The number of hydrogen-bond donors (Lipinski definition) is 0. The van der Waals surface area contributed by atoms with Gasteiger partial charge in [0.05, 0.1) is 0 Å². The van der Waals surface area contributed by atoms with E-state index in [0.29, 0.717) is 0 Å². The highest BCUT2D eigenvalue weighted by Gasteiger charge is 1.95. The lowest BCUT2D eigenvalue weighted by Gasteiger charge is -2.04. The fourth-order valence-electron chi connectivity index (χ4n) is 1.83. The summed E-state index contributed by atoms with van der Waals surface area (Å²) in [5.41, 5.74) is 0. The molecule has 0 fully saturated rings. The Hall–Kier alpha value is 0.350. The second-order valence-electron chi connectivity index (χ2n) is 5.30. The first-order valence-corrected chi connectivity index (χ1v) is 8.50. The molecule has 0 aromatic heterocycles. The van der Waals surface area contributed by atoms with Crippen molar-refractivity contribution in [2.24, 2.45) is 5.92 Å². The van der Waals surface area contributed by atoms with Crippen LogP contribution in [0.2, 0.25) is 0 Å². The number of hydrogen-bond acceptors (Lipinski definition) is 1. The lowest BCUT2D eigenvalue weighted by atomic mass is 10.1. The summed E-state index contributed by atoms with van der Waals surface area (Å²) in [6.45, 7) is 6.90. The molecule has 0 aliphatic carbocycles. The first kappa shape index (κ1) is 16.4. The Morgan fingerprint density at radius 1 is 0.750 bits per heavy atom. The predicted octanol–water partition coefficient (Wildman–Crippen LogP) is 5.91. The lowest BCUT2D eigenvalue weighted by Crippen LogP contribution is -1.92. The van der Waals surface area contributed by atoms with Crippen molar-refractivity contribution in [2.75, 3.05) is 11.5 Å². The zero-order valence-electron chi connectivity index (χ0n) is 11.8. The monoisotopic (exact) mass is 244 g/mol. The van der Waals surface area contributed by atoms with Gasteiger partial charge in [0.1, 0.15) is 0 Å². The van der Waals surface area contributed by atoms with Crippen LogP contribution < -0.4 is 0 Å². The molecule has 0 aliphatic heterocycles. The molecule has 0 nitrogen and oxygen atoms in total. The van der Waals surface area contributed by atoms with Gasteiger partial charge in [-0.3, -0.25) is 0 Å². The van der Waals surface area contributed by atoms with Crippen LogP contribution in [0.4, 0.5) is 0 Å². The third-order valence-electron chi connectivity index (χ3n) is 2.84. The van der Waals surface area contributed by atoms with Crippen molar-refractivity contribution in [3.63, 3.8) is 0 Å². The molecule has 98 valence electrons. The second-order valence-corrected chi connectivity index (χ2v) is 6.45. The highest BCUT2D eigenvalue weighted by molar-refractivity contribution is 7.99. The average molecular weight is 244 g/mol. The summed E-state index contributed by atoms with van der Waals surface area (Å²) in [7, 11) is 0. The Labute approximate surface area is 108 Å². The van der Waals surface area contributed by atoms with Crippen molar-refractivity contribution in [1.29, 1.82) is 0 Å². The average Bonchev–Trinajstić information content (AvgIpc) is 2.25. The van der Waals surface area contributed by atoms with Gasteiger partial charge < -0.3 is 0 Å². The van der Waals surface area contributed by atoms with Crippen LogP contribution in [0, 0.1) is 5.92 Å². The van der Waals surface area contributed by atoms with Gasteiger partial charge in [0.25, 0.3) is 0 Å². The fraction of sp³-hybridized carbons (Fsp3) is 1.00. The molecule has 0 amide bonds. The van der Waals surface area contributed by atoms with Gasteiger partial charge in [-0.05, 0) is 23.8 Å². The molecule has 0 aliphatic rings. The van der Waals surface area contributed by atoms with Crippen molar-refractivity contribution in [3.8, 4) is 0 Å². The smallest absolute Gasteiger partial charge is 0.00444 e. The Morgan fingerprint density at radius 3 is 1.75 bits per heavy atom. The molecule has 0 atom stereocenters. The standard InChI is InChI=1S/C15H32S/c1-4-5-6-7-8-9-10-11-12-13-16-14-15(2)3/h15H,4-14H2,1-3H3. The van der Waals surface area contributed by atoms with E-state index in [4.69, 9.17) is 0 Å². The molecular formula is C15H32S. The second kappa shape index (κ2) is 13.4. The first-order valence-electron chi connectivity index (χ1n) is 7.35. The number of thioether (sulfide) groups is 1. The third kappa shape index (κ3) is 14.4. The Balaban J connectivity index is 2.88. The van der Waals surface area contributed by atoms with Crippen LogP contribution in [0.5, 0.6) is 0 Å². The molecular weight excluding hydrogens is 212 g/mol. The summed E-state index contributed by atoms with van der Waals surface area (Å²) in [6, 6.07) is 0. The molecule has 0 spiro atoms. The van der Waals surface area contributed by atoms with Crippen molar-refractivity contribution in [2.45, 2.75) is 78.6 Å². The summed E-state index contributed by atoms with van der Waals surface area (Å²) in [6.07, 6.45) is 13.0. The highest BCUT2D eigenvalue weighted by Crippen LogP contribution is 2.13. The number of rotatable bonds is 12. The number of unbranched alkanes of at least 4 members (excludes halogenated alkanes) is 8. The van der Waals surface area contributed by atoms with E-state index in [0.717, 1.165) is 5.92 Å². The minimum absolute atomic E-state index is 0.864. The van der Waals surface area contributed by atoms with Gasteiger partial charge >= 0.3 is 0 Å². The Kier molecular flexibility index (Phi) is 13.7. The molecule has 0 aromatic carbocycles. The zero-order chi connectivity index (χ0) is 12.1. The SMILES string of the molecule is CCCCCCCCCCCSCC(C)C. The van der Waals surface area contributed by atoms with Gasteiger partial charge in [-0.1, -0.05) is 72.1 Å². The molecule has 0 aromatic rings. The molecule has 0 N–H and O–H groups in total. The third-order valence-corrected chi connectivity index (χ3v) is 4.32. The van der Waals surface area contributed by atoms with E-state index in [9.17, 15) is 0 Å². The van der Waals surface area contributed by atoms with Gasteiger partial charge in [0, 0.05) is 0 Å². The van der Waals surface area contributed by atoms with E-state index in [2.05, 4.69) is 32.5 Å². The fourth-order valence-corrected chi connectivity index (χ4v) is 2.88. The predicted molar refractivity (Wildman–Crippen MR) is 79.4 cm³/mol. The van der Waals surface area contributed by atoms with Crippen molar-refractivity contribution < 1.29 is 0 Å². The van der Waals surface area contributed by atoms with E-state index in [-0.39, 0.29) is 0 Å². The van der Waals surface area contributed by atoms with Crippen molar-refractivity contribution >= 4 is 11.8 Å². The summed E-state index contributed by atoms with van der Waals surface area (Å²) in [5.74, 6) is 3.59. The largest absolute Gasteiger partial charge is 0.162 e. The topological polar surface area (TPSA) is 0 Å². The first-order chi connectivity index (χ1) is 7.77. The minimum atomic E-state index is 0.864. The van der Waals surface area contributed by atoms with Gasteiger partial charge in [0.2, 0.25) is 0 Å². The molecule has 1 heteroatoms. The van der Waals surface area contributed by atoms with Crippen LogP contribution in [0.3, 0.4) is 0 Å². The summed E-state index contributed by atoms with van der Waals surface area (Å²) < 4.78 is 0. The van der Waals surface area contributed by atoms with E-state index < -0.39 is 0 Å². The molecule has 0 heterocycles. The van der Waals surface area contributed by atoms with Crippen LogP contribution in [0.15, 0.2) is 0 Å².